The molecule has 0 fully saturated rings. The summed E-state index contributed by atoms with van der Waals surface area (Å²) in [6, 6.07) is 13.0. The molecule has 0 aliphatic rings. The molecule has 0 spiro atoms. The van der Waals surface area contributed by atoms with E-state index < -0.39 is 17.2 Å². The fraction of sp³-hybridized carbons (Fsp3) is 0. The van der Waals surface area contributed by atoms with Crippen molar-refractivity contribution in [2.75, 3.05) is 0 Å². The Labute approximate surface area is 118 Å². The molecule has 1 aromatic heterocycles. The zero-order valence-electron chi connectivity index (χ0n) is 10.8. The molecule has 0 aliphatic carbocycles. The van der Waals surface area contributed by atoms with Crippen molar-refractivity contribution in [1.82, 2.24) is 9.97 Å². The lowest BCUT2D eigenvalue weighted by Gasteiger charge is -2.05. The second kappa shape index (κ2) is 5.09. The second-order valence-corrected chi connectivity index (χ2v) is 4.37. The third-order valence-electron chi connectivity index (χ3n) is 2.93. The van der Waals surface area contributed by atoms with Gasteiger partial charge in [-0.25, -0.2) is 9.59 Å². The largest absolute Gasteiger partial charge is 0.423 e. The summed E-state index contributed by atoms with van der Waals surface area (Å²) in [6.07, 6.45) is 0. The maximum atomic E-state index is 11.9. The molecule has 1 heterocycles. The summed E-state index contributed by atoms with van der Waals surface area (Å²) in [6.45, 7) is 0. The number of nitrogens with one attached hydrogen (secondary N) is 2. The number of carbonyl (C=O) groups excluding carboxylic acids is 1. The van der Waals surface area contributed by atoms with Crippen LogP contribution < -0.4 is 16.0 Å². The van der Waals surface area contributed by atoms with Crippen LogP contribution >= 0.6 is 0 Å². The topological polar surface area (TPSA) is 92.0 Å². The van der Waals surface area contributed by atoms with E-state index in [4.69, 9.17) is 4.74 Å². The van der Waals surface area contributed by atoms with Crippen LogP contribution in [0, 0.1) is 0 Å². The van der Waals surface area contributed by atoms with E-state index >= 15 is 0 Å². The van der Waals surface area contributed by atoms with Gasteiger partial charge in [0.25, 0.3) is 5.56 Å². The molecule has 6 nitrogen and oxygen atoms in total. The summed E-state index contributed by atoms with van der Waals surface area (Å²) in [5, 5.41) is 0.243. The number of hydrogen-bond donors (Lipinski definition) is 2. The first-order valence-electron chi connectivity index (χ1n) is 6.17. The van der Waals surface area contributed by atoms with Gasteiger partial charge >= 0.3 is 11.7 Å². The van der Waals surface area contributed by atoms with Gasteiger partial charge in [0.1, 0.15) is 5.75 Å². The predicted molar refractivity (Wildman–Crippen MR) is 76.6 cm³/mol. The van der Waals surface area contributed by atoms with E-state index in [9.17, 15) is 14.4 Å². The zero-order valence-corrected chi connectivity index (χ0v) is 10.8. The number of benzene rings is 2. The molecule has 6 heteroatoms. The Morgan fingerprint density at radius 2 is 1.71 bits per heavy atom. The van der Waals surface area contributed by atoms with Gasteiger partial charge in [0, 0.05) is 0 Å². The van der Waals surface area contributed by atoms with Crippen LogP contribution in [0.1, 0.15) is 10.4 Å². The van der Waals surface area contributed by atoms with Gasteiger partial charge in [-0.1, -0.05) is 18.2 Å². The lowest BCUT2D eigenvalue weighted by molar-refractivity contribution is 0.0735. The van der Waals surface area contributed by atoms with Crippen LogP contribution in [-0.2, 0) is 0 Å². The number of aromatic amines is 2. The third kappa shape index (κ3) is 2.59. The first-order chi connectivity index (χ1) is 10.1. The molecule has 3 rings (SSSR count). The van der Waals surface area contributed by atoms with Crippen molar-refractivity contribution in [2.24, 2.45) is 0 Å². The lowest BCUT2D eigenvalue weighted by Crippen LogP contribution is -2.21. The Hall–Kier alpha value is -3.15. The van der Waals surface area contributed by atoms with Crippen LogP contribution in [0.4, 0.5) is 0 Å². The van der Waals surface area contributed by atoms with E-state index in [0.717, 1.165) is 0 Å². The minimum absolute atomic E-state index is 0.230. The van der Waals surface area contributed by atoms with Gasteiger partial charge in [0.15, 0.2) is 0 Å². The summed E-state index contributed by atoms with van der Waals surface area (Å²) in [5.74, 6) is -0.287. The fourth-order valence-electron chi connectivity index (χ4n) is 1.95. The molecular formula is C15H10N2O4. The molecule has 0 unspecified atom stereocenters. The van der Waals surface area contributed by atoms with Gasteiger partial charge in [-0.2, -0.15) is 0 Å². The lowest BCUT2D eigenvalue weighted by atomic mass is 10.2. The fourth-order valence-corrected chi connectivity index (χ4v) is 1.95. The van der Waals surface area contributed by atoms with Gasteiger partial charge in [0.2, 0.25) is 0 Å². The maximum Gasteiger partial charge on any atom is 0.343 e. The second-order valence-electron chi connectivity index (χ2n) is 4.37. The Kier molecular flexibility index (Phi) is 3.12. The summed E-state index contributed by atoms with van der Waals surface area (Å²) in [4.78, 5) is 39.4. The SMILES string of the molecule is O=C(Oc1ccc2[nH]c(=O)[nH]c(=O)c2c1)c1ccccc1. The van der Waals surface area contributed by atoms with Crippen LogP contribution in [-0.4, -0.2) is 15.9 Å². The molecule has 0 bridgehead atoms. The quantitative estimate of drug-likeness (QED) is 0.549. The van der Waals surface area contributed by atoms with Crippen LogP contribution in [0.3, 0.4) is 0 Å². The normalized spacial score (nSPS) is 10.5. The first kappa shape index (κ1) is 12.9. The highest BCUT2D eigenvalue weighted by Gasteiger charge is 2.09. The number of aromatic nitrogens is 2. The molecule has 0 radical (unpaired) electrons. The van der Waals surface area contributed by atoms with Gasteiger partial charge < -0.3 is 9.72 Å². The minimum Gasteiger partial charge on any atom is -0.423 e. The molecule has 3 aromatic rings. The average molecular weight is 282 g/mol. The Morgan fingerprint density at radius 1 is 0.952 bits per heavy atom. The minimum atomic E-state index is -0.582. The molecule has 104 valence electrons. The van der Waals surface area contributed by atoms with Crippen molar-refractivity contribution in [3.63, 3.8) is 0 Å². The van der Waals surface area contributed by atoms with Crippen molar-refractivity contribution in [2.45, 2.75) is 0 Å². The molecule has 0 amide bonds. The number of esters is 1. The predicted octanol–water partition coefficient (Wildman–Crippen LogP) is 1.44. The van der Waals surface area contributed by atoms with Crippen LogP contribution in [0.25, 0.3) is 10.9 Å². The average Bonchev–Trinajstić information content (AvgIpc) is 2.48. The summed E-state index contributed by atoms with van der Waals surface area (Å²) in [5.41, 5.74) is -0.330. The third-order valence-corrected chi connectivity index (χ3v) is 2.93. The van der Waals surface area contributed by atoms with E-state index in [1.54, 1.807) is 30.3 Å². The van der Waals surface area contributed by atoms with Crippen molar-refractivity contribution in [3.05, 3.63) is 74.9 Å². The number of H-pyrrole nitrogens is 2. The van der Waals surface area contributed by atoms with Crippen molar-refractivity contribution in [3.8, 4) is 5.75 Å². The monoisotopic (exact) mass is 282 g/mol. The Morgan fingerprint density at radius 3 is 2.48 bits per heavy atom. The van der Waals surface area contributed by atoms with E-state index in [1.807, 2.05) is 0 Å². The molecule has 0 saturated carbocycles. The van der Waals surface area contributed by atoms with Gasteiger partial charge in [-0.15, -0.1) is 0 Å². The smallest absolute Gasteiger partial charge is 0.343 e. The zero-order chi connectivity index (χ0) is 14.8. The molecule has 0 atom stereocenters. The highest BCUT2D eigenvalue weighted by atomic mass is 16.5. The number of rotatable bonds is 2. The van der Waals surface area contributed by atoms with Gasteiger partial charge in [0.05, 0.1) is 16.5 Å². The summed E-state index contributed by atoms with van der Waals surface area (Å²) in [7, 11) is 0. The molecule has 2 N–H and O–H groups in total. The molecule has 21 heavy (non-hydrogen) atoms. The molecule has 0 aliphatic heterocycles. The van der Waals surface area contributed by atoms with Gasteiger partial charge in [-0.05, 0) is 30.3 Å². The van der Waals surface area contributed by atoms with Crippen molar-refractivity contribution < 1.29 is 9.53 Å². The van der Waals surface area contributed by atoms with Gasteiger partial charge in [-0.3, -0.25) is 9.78 Å². The van der Waals surface area contributed by atoms with Crippen LogP contribution in [0.15, 0.2) is 58.1 Å². The molecule has 2 aromatic carbocycles. The van der Waals surface area contributed by atoms with Crippen LogP contribution in [0.5, 0.6) is 5.75 Å². The standard InChI is InChI=1S/C15H10N2O4/c18-13-11-8-10(6-7-12(11)16-15(20)17-13)21-14(19)9-4-2-1-3-5-9/h1-8H,(H2,16,17,18,20). The van der Waals surface area contributed by atoms with E-state index in [-0.39, 0.29) is 11.1 Å². The Bertz CT molecular complexity index is 926. The van der Waals surface area contributed by atoms with Crippen molar-refractivity contribution in [1.29, 1.82) is 0 Å². The van der Waals surface area contributed by atoms with E-state index in [1.165, 1.54) is 18.2 Å². The van der Waals surface area contributed by atoms with E-state index in [2.05, 4.69) is 9.97 Å². The highest BCUT2D eigenvalue weighted by Crippen LogP contribution is 2.17. The van der Waals surface area contributed by atoms with E-state index in [0.29, 0.717) is 11.1 Å². The number of fused-ring (bicyclic) bond motifs is 1. The van der Waals surface area contributed by atoms with Crippen molar-refractivity contribution >= 4 is 16.9 Å². The first-order valence-corrected chi connectivity index (χ1v) is 6.17. The highest BCUT2D eigenvalue weighted by molar-refractivity contribution is 5.91. The molecular weight excluding hydrogens is 272 g/mol. The van der Waals surface area contributed by atoms with Crippen LogP contribution in [0.2, 0.25) is 0 Å². The summed E-state index contributed by atoms with van der Waals surface area (Å²) < 4.78 is 5.21. The molecule has 0 saturated heterocycles. The summed E-state index contributed by atoms with van der Waals surface area (Å²) >= 11 is 0. The number of carbonyl (C=O) groups is 1. The number of ether oxygens (including phenoxy) is 1. The number of hydrogen-bond acceptors (Lipinski definition) is 4. The maximum absolute atomic E-state index is 11.9. The Balaban J connectivity index is 1.97.